The van der Waals surface area contributed by atoms with Crippen LogP contribution in [0.15, 0.2) is 12.3 Å². The lowest BCUT2D eigenvalue weighted by atomic mass is 9.94. The molecule has 5 nitrogen and oxygen atoms in total. The summed E-state index contributed by atoms with van der Waals surface area (Å²) in [5.41, 5.74) is 2.16. The SMILES string of the molecule is CC(C)(C)CN1CCC(n2nnc3cc(Cl)ncc32)CC1. The van der Waals surface area contributed by atoms with Gasteiger partial charge in [0.1, 0.15) is 16.2 Å². The number of fused-ring (bicyclic) bond motifs is 1. The van der Waals surface area contributed by atoms with Crippen LogP contribution in [0.5, 0.6) is 0 Å². The van der Waals surface area contributed by atoms with Crippen molar-refractivity contribution in [2.45, 2.75) is 39.7 Å². The first-order valence-corrected chi connectivity index (χ1v) is 7.89. The standard InChI is InChI=1S/C15H22ClN5/c1-15(2,3)10-20-6-4-11(5-7-20)21-13-9-17-14(16)8-12(13)18-19-21/h8-9,11H,4-7,10H2,1-3H3. The highest BCUT2D eigenvalue weighted by atomic mass is 35.5. The number of likely N-dealkylation sites (tertiary alicyclic amines) is 1. The summed E-state index contributed by atoms with van der Waals surface area (Å²) in [7, 11) is 0. The highest BCUT2D eigenvalue weighted by Gasteiger charge is 2.25. The molecule has 0 unspecified atom stereocenters. The molecule has 2 aromatic rings. The molecule has 3 heterocycles. The minimum atomic E-state index is 0.355. The summed E-state index contributed by atoms with van der Waals surface area (Å²) >= 11 is 5.90. The smallest absolute Gasteiger partial charge is 0.131 e. The lowest BCUT2D eigenvalue weighted by Gasteiger charge is -2.35. The fraction of sp³-hybridized carbons (Fsp3) is 0.667. The van der Waals surface area contributed by atoms with Crippen LogP contribution in [-0.4, -0.2) is 44.5 Å². The zero-order chi connectivity index (χ0) is 15.0. The molecule has 3 rings (SSSR count). The first-order chi connectivity index (χ1) is 9.92. The Morgan fingerprint density at radius 1 is 1.29 bits per heavy atom. The Bertz CT molecular complexity index is 623. The molecule has 6 heteroatoms. The second-order valence-corrected chi connectivity index (χ2v) is 7.48. The Kier molecular flexibility index (Phi) is 3.88. The first-order valence-electron chi connectivity index (χ1n) is 7.51. The monoisotopic (exact) mass is 307 g/mol. The van der Waals surface area contributed by atoms with Crippen molar-refractivity contribution < 1.29 is 0 Å². The predicted molar refractivity (Wildman–Crippen MR) is 84.5 cm³/mol. The van der Waals surface area contributed by atoms with Gasteiger partial charge in [-0.05, 0) is 18.3 Å². The molecule has 0 bridgehead atoms. The average molecular weight is 308 g/mol. The summed E-state index contributed by atoms with van der Waals surface area (Å²) in [6.07, 6.45) is 3.99. The van der Waals surface area contributed by atoms with Crippen LogP contribution in [0.1, 0.15) is 39.7 Å². The lowest BCUT2D eigenvalue weighted by molar-refractivity contribution is 0.135. The van der Waals surface area contributed by atoms with Gasteiger partial charge in [-0.1, -0.05) is 37.6 Å². The van der Waals surface area contributed by atoms with Crippen LogP contribution >= 0.6 is 11.6 Å². The van der Waals surface area contributed by atoms with Crippen LogP contribution in [0.2, 0.25) is 5.15 Å². The van der Waals surface area contributed by atoms with Crippen molar-refractivity contribution in [3.63, 3.8) is 0 Å². The maximum atomic E-state index is 5.90. The minimum Gasteiger partial charge on any atom is -0.303 e. The van der Waals surface area contributed by atoms with E-state index in [0.717, 1.165) is 43.5 Å². The molecule has 1 aliphatic rings. The number of hydrogen-bond acceptors (Lipinski definition) is 4. The van der Waals surface area contributed by atoms with Gasteiger partial charge in [-0.15, -0.1) is 5.10 Å². The van der Waals surface area contributed by atoms with Gasteiger partial charge in [-0.2, -0.15) is 0 Å². The van der Waals surface area contributed by atoms with Crippen LogP contribution in [0, 0.1) is 5.41 Å². The largest absolute Gasteiger partial charge is 0.303 e. The second-order valence-electron chi connectivity index (χ2n) is 7.10. The lowest BCUT2D eigenvalue weighted by Crippen LogP contribution is -2.39. The fourth-order valence-corrected chi connectivity index (χ4v) is 3.23. The second kappa shape index (κ2) is 5.54. The van der Waals surface area contributed by atoms with Gasteiger partial charge >= 0.3 is 0 Å². The van der Waals surface area contributed by atoms with Crippen molar-refractivity contribution in [1.29, 1.82) is 0 Å². The number of hydrogen-bond donors (Lipinski definition) is 0. The molecular weight excluding hydrogens is 286 g/mol. The Morgan fingerprint density at radius 3 is 2.67 bits per heavy atom. The molecule has 0 aliphatic carbocycles. The highest BCUT2D eigenvalue weighted by molar-refractivity contribution is 6.29. The number of pyridine rings is 1. The van der Waals surface area contributed by atoms with E-state index in [4.69, 9.17) is 11.6 Å². The molecule has 21 heavy (non-hydrogen) atoms. The molecule has 0 spiro atoms. The van der Waals surface area contributed by atoms with E-state index in [9.17, 15) is 0 Å². The van der Waals surface area contributed by atoms with Gasteiger partial charge in [0.05, 0.1) is 12.2 Å². The van der Waals surface area contributed by atoms with E-state index >= 15 is 0 Å². The molecule has 114 valence electrons. The zero-order valence-electron chi connectivity index (χ0n) is 12.9. The van der Waals surface area contributed by atoms with Gasteiger partial charge in [0.2, 0.25) is 0 Å². The van der Waals surface area contributed by atoms with Gasteiger partial charge < -0.3 is 4.90 Å². The fourth-order valence-electron chi connectivity index (χ4n) is 3.08. The van der Waals surface area contributed by atoms with Crippen molar-refractivity contribution in [3.05, 3.63) is 17.4 Å². The molecule has 0 radical (unpaired) electrons. The van der Waals surface area contributed by atoms with Gasteiger partial charge in [0.15, 0.2) is 0 Å². The maximum Gasteiger partial charge on any atom is 0.131 e. The van der Waals surface area contributed by atoms with E-state index in [1.807, 2.05) is 4.68 Å². The van der Waals surface area contributed by atoms with E-state index in [1.54, 1.807) is 12.3 Å². The van der Waals surface area contributed by atoms with Crippen LogP contribution < -0.4 is 0 Å². The van der Waals surface area contributed by atoms with Crippen LogP contribution in [0.3, 0.4) is 0 Å². The zero-order valence-corrected chi connectivity index (χ0v) is 13.6. The average Bonchev–Trinajstić information content (AvgIpc) is 2.80. The number of halogens is 1. The van der Waals surface area contributed by atoms with E-state index in [0.29, 0.717) is 16.6 Å². The van der Waals surface area contributed by atoms with Crippen LogP contribution in [0.25, 0.3) is 11.0 Å². The Labute approximate surface area is 130 Å². The number of rotatable bonds is 2. The minimum absolute atomic E-state index is 0.355. The topological polar surface area (TPSA) is 46.8 Å². The summed E-state index contributed by atoms with van der Waals surface area (Å²) < 4.78 is 2.02. The summed E-state index contributed by atoms with van der Waals surface area (Å²) in [6.45, 7) is 10.3. The molecule has 0 atom stereocenters. The number of nitrogens with zero attached hydrogens (tertiary/aromatic N) is 5. The Balaban J connectivity index is 1.71. The Hall–Kier alpha value is -1.20. The third-order valence-electron chi connectivity index (χ3n) is 3.92. The number of aromatic nitrogens is 4. The molecule has 0 N–H and O–H groups in total. The van der Waals surface area contributed by atoms with E-state index < -0.39 is 0 Å². The van der Waals surface area contributed by atoms with E-state index in [2.05, 4.69) is 41.0 Å². The molecule has 2 aromatic heterocycles. The summed E-state index contributed by atoms with van der Waals surface area (Å²) in [5.74, 6) is 0. The summed E-state index contributed by atoms with van der Waals surface area (Å²) in [5, 5.41) is 8.98. The Morgan fingerprint density at radius 2 is 2.00 bits per heavy atom. The van der Waals surface area contributed by atoms with Crippen molar-refractivity contribution in [3.8, 4) is 0 Å². The molecule has 1 fully saturated rings. The number of piperidine rings is 1. The summed E-state index contributed by atoms with van der Waals surface area (Å²) in [6, 6.07) is 2.18. The van der Waals surface area contributed by atoms with E-state index in [1.165, 1.54) is 0 Å². The highest BCUT2D eigenvalue weighted by Crippen LogP contribution is 2.27. The van der Waals surface area contributed by atoms with Crippen LogP contribution in [0.4, 0.5) is 0 Å². The normalized spacial score (nSPS) is 18.5. The summed E-state index contributed by atoms with van der Waals surface area (Å²) in [4.78, 5) is 6.70. The molecule has 1 aliphatic heterocycles. The first kappa shape index (κ1) is 14.7. The molecule has 0 aromatic carbocycles. The quantitative estimate of drug-likeness (QED) is 0.800. The van der Waals surface area contributed by atoms with Crippen LogP contribution in [-0.2, 0) is 0 Å². The molecule has 0 amide bonds. The predicted octanol–water partition coefficient (Wildman–Crippen LogP) is 3.16. The van der Waals surface area contributed by atoms with Crippen molar-refractivity contribution in [2.24, 2.45) is 5.41 Å². The van der Waals surface area contributed by atoms with Gasteiger partial charge in [-0.25, -0.2) is 9.67 Å². The third kappa shape index (κ3) is 3.35. The van der Waals surface area contributed by atoms with Gasteiger partial charge in [-0.3, -0.25) is 0 Å². The van der Waals surface area contributed by atoms with Crippen molar-refractivity contribution >= 4 is 22.6 Å². The van der Waals surface area contributed by atoms with Crippen molar-refractivity contribution in [1.82, 2.24) is 24.9 Å². The van der Waals surface area contributed by atoms with E-state index in [-0.39, 0.29) is 0 Å². The van der Waals surface area contributed by atoms with Crippen molar-refractivity contribution in [2.75, 3.05) is 19.6 Å². The molecular formula is C15H22ClN5. The maximum absolute atomic E-state index is 5.90. The third-order valence-corrected chi connectivity index (χ3v) is 4.13. The molecule has 0 saturated carbocycles. The molecule has 1 saturated heterocycles. The van der Waals surface area contributed by atoms with Gasteiger partial charge in [0, 0.05) is 25.7 Å². The van der Waals surface area contributed by atoms with Gasteiger partial charge in [0.25, 0.3) is 0 Å².